The molecule has 1 saturated heterocycles. The fourth-order valence-electron chi connectivity index (χ4n) is 3.34. The molecule has 9 heteroatoms. The highest BCUT2D eigenvalue weighted by atomic mass is 19.4. The lowest BCUT2D eigenvalue weighted by molar-refractivity contribution is -0.137. The number of ether oxygens (including phenoxy) is 2. The van der Waals surface area contributed by atoms with E-state index in [9.17, 15) is 18.0 Å². The molecule has 1 aliphatic rings. The van der Waals surface area contributed by atoms with Gasteiger partial charge in [-0.1, -0.05) is 6.07 Å². The molecule has 1 N–H and O–H groups in total. The van der Waals surface area contributed by atoms with Crippen LogP contribution in [0.15, 0.2) is 42.5 Å². The maximum absolute atomic E-state index is 12.9. The number of carbonyl (C=O) groups excluding carboxylic acids is 1. The average molecular weight is 423 g/mol. The fourth-order valence-corrected chi connectivity index (χ4v) is 3.34. The lowest BCUT2D eigenvalue weighted by atomic mass is 10.1. The van der Waals surface area contributed by atoms with Crippen LogP contribution in [0.25, 0.3) is 0 Å². The molecule has 0 saturated carbocycles. The Hall–Kier alpha value is -2.94. The van der Waals surface area contributed by atoms with E-state index >= 15 is 0 Å². The Morgan fingerprint density at radius 3 is 2.40 bits per heavy atom. The Kier molecular flexibility index (Phi) is 6.71. The van der Waals surface area contributed by atoms with Gasteiger partial charge in [0.25, 0.3) is 0 Å². The van der Waals surface area contributed by atoms with Crippen LogP contribution in [0.3, 0.4) is 0 Å². The number of halogens is 3. The van der Waals surface area contributed by atoms with Crippen LogP contribution in [0.2, 0.25) is 0 Å². The number of nitrogens with one attached hydrogen (secondary N) is 1. The van der Waals surface area contributed by atoms with E-state index in [1.165, 1.54) is 19.2 Å². The second-order valence-corrected chi connectivity index (χ2v) is 6.93. The summed E-state index contributed by atoms with van der Waals surface area (Å²) >= 11 is 0. The number of hydrogen-bond donors (Lipinski definition) is 1. The number of carbonyl (C=O) groups is 1. The van der Waals surface area contributed by atoms with Gasteiger partial charge in [-0.3, -0.25) is 9.69 Å². The van der Waals surface area contributed by atoms with Gasteiger partial charge in [0, 0.05) is 37.9 Å². The number of hydrogen-bond acceptors (Lipinski definition) is 5. The molecule has 0 bridgehead atoms. The largest absolute Gasteiger partial charge is 0.497 e. The summed E-state index contributed by atoms with van der Waals surface area (Å²) in [6.07, 6.45) is -4.36. The van der Waals surface area contributed by atoms with Crippen molar-refractivity contribution in [1.29, 1.82) is 0 Å². The van der Waals surface area contributed by atoms with Crippen molar-refractivity contribution >= 4 is 17.3 Å². The molecule has 3 rings (SSSR count). The van der Waals surface area contributed by atoms with Crippen LogP contribution in [0, 0.1) is 0 Å². The number of amides is 1. The highest BCUT2D eigenvalue weighted by Crippen LogP contribution is 2.32. The van der Waals surface area contributed by atoms with Gasteiger partial charge in [0.1, 0.15) is 11.5 Å². The van der Waals surface area contributed by atoms with E-state index in [1.54, 1.807) is 31.4 Å². The number of alkyl halides is 3. The summed E-state index contributed by atoms with van der Waals surface area (Å²) in [5, 5.41) is 2.83. The van der Waals surface area contributed by atoms with Gasteiger partial charge in [0.15, 0.2) is 0 Å². The van der Waals surface area contributed by atoms with E-state index in [0.29, 0.717) is 49.1 Å². The van der Waals surface area contributed by atoms with Gasteiger partial charge in [0.05, 0.1) is 32.0 Å². The highest BCUT2D eigenvalue weighted by Gasteiger charge is 2.31. The first kappa shape index (κ1) is 21.8. The normalized spacial score (nSPS) is 15.0. The van der Waals surface area contributed by atoms with Crippen LogP contribution >= 0.6 is 0 Å². The lowest BCUT2D eigenvalue weighted by Crippen LogP contribution is -2.48. The third-order valence-corrected chi connectivity index (χ3v) is 4.96. The Balaban J connectivity index is 1.54. The van der Waals surface area contributed by atoms with Gasteiger partial charge in [-0.25, -0.2) is 0 Å². The first-order chi connectivity index (χ1) is 14.3. The molecule has 30 heavy (non-hydrogen) atoms. The van der Waals surface area contributed by atoms with Crippen LogP contribution in [-0.2, 0) is 11.0 Å². The van der Waals surface area contributed by atoms with Gasteiger partial charge < -0.3 is 19.7 Å². The zero-order chi connectivity index (χ0) is 21.7. The Labute approximate surface area is 173 Å². The molecule has 1 aliphatic heterocycles. The summed E-state index contributed by atoms with van der Waals surface area (Å²) in [5.74, 6) is 0.929. The molecule has 2 aromatic rings. The zero-order valence-electron chi connectivity index (χ0n) is 16.8. The summed E-state index contributed by atoms with van der Waals surface area (Å²) in [5.41, 5.74) is 0.429. The predicted octanol–water partition coefficient (Wildman–Crippen LogP) is 3.48. The molecular weight excluding hydrogens is 399 g/mol. The van der Waals surface area contributed by atoms with Crippen molar-refractivity contribution < 1.29 is 27.4 Å². The molecule has 1 fully saturated rings. The summed E-state index contributed by atoms with van der Waals surface area (Å²) in [4.78, 5) is 16.3. The second-order valence-electron chi connectivity index (χ2n) is 6.93. The molecule has 0 spiro atoms. The number of anilines is 2. The molecule has 6 nitrogen and oxygen atoms in total. The summed E-state index contributed by atoms with van der Waals surface area (Å²) in [7, 11) is 3.06. The van der Waals surface area contributed by atoms with E-state index < -0.39 is 11.7 Å². The quantitative estimate of drug-likeness (QED) is 0.771. The number of benzene rings is 2. The van der Waals surface area contributed by atoms with Crippen molar-refractivity contribution in [3.05, 3.63) is 48.0 Å². The molecule has 0 unspecified atom stereocenters. The lowest BCUT2D eigenvalue weighted by Gasteiger charge is -2.36. The minimum atomic E-state index is -4.36. The third kappa shape index (κ3) is 5.35. The SMILES string of the molecule is COc1ccc(NC(=O)CN2CCN(c3cccc(C(F)(F)F)c3)CC2)c(OC)c1. The third-order valence-electron chi connectivity index (χ3n) is 4.96. The molecule has 0 aliphatic carbocycles. The van der Waals surface area contributed by atoms with E-state index in [-0.39, 0.29) is 12.5 Å². The van der Waals surface area contributed by atoms with Crippen LogP contribution in [0.1, 0.15) is 5.56 Å². The second kappa shape index (κ2) is 9.25. The predicted molar refractivity (Wildman–Crippen MR) is 108 cm³/mol. The van der Waals surface area contributed by atoms with Crippen molar-refractivity contribution in [2.24, 2.45) is 0 Å². The Bertz CT molecular complexity index is 881. The van der Waals surface area contributed by atoms with E-state index in [0.717, 1.165) is 6.07 Å². The summed E-state index contributed by atoms with van der Waals surface area (Å²) < 4.78 is 49.2. The molecule has 1 amide bonds. The van der Waals surface area contributed by atoms with Crippen LogP contribution in [0.4, 0.5) is 24.5 Å². The number of nitrogens with zero attached hydrogens (tertiary/aromatic N) is 2. The van der Waals surface area contributed by atoms with Crippen LogP contribution in [0.5, 0.6) is 11.5 Å². The van der Waals surface area contributed by atoms with Gasteiger partial charge in [-0.05, 0) is 30.3 Å². The standard InChI is InChI=1S/C21H24F3N3O3/c1-29-17-6-7-18(19(13-17)30-2)25-20(28)14-26-8-10-27(11-9-26)16-5-3-4-15(12-16)21(22,23)24/h3-7,12-13H,8-11,14H2,1-2H3,(H,25,28). The first-order valence-corrected chi connectivity index (χ1v) is 9.46. The topological polar surface area (TPSA) is 54.0 Å². The highest BCUT2D eigenvalue weighted by molar-refractivity contribution is 5.93. The molecule has 0 atom stereocenters. The molecule has 0 radical (unpaired) electrons. The monoisotopic (exact) mass is 423 g/mol. The smallest absolute Gasteiger partial charge is 0.416 e. The zero-order valence-corrected chi connectivity index (χ0v) is 16.8. The number of rotatable bonds is 6. The van der Waals surface area contributed by atoms with Crippen LogP contribution in [-0.4, -0.2) is 57.8 Å². The van der Waals surface area contributed by atoms with Gasteiger partial charge in [-0.2, -0.15) is 13.2 Å². The van der Waals surface area contributed by atoms with Gasteiger partial charge in [0.2, 0.25) is 5.91 Å². The Morgan fingerprint density at radius 2 is 1.77 bits per heavy atom. The molecule has 0 aromatic heterocycles. The van der Waals surface area contributed by atoms with Crippen molar-refractivity contribution in [1.82, 2.24) is 4.90 Å². The number of methoxy groups -OCH3 is 2. The molecular formula is C21H24F3N3O3. The molecule has 2 aromatic carbocycles. The van der Waals surface area contributed by atoms with Gasteiger partial charge in [-0.15, -0.1) is 0 Å². The Morgan fingerprint density at radius 1 is 1.03 bits per heavy atom. The van der Waals surface area contributed by atoms with Gasteiger partial charge >= 0.3 is 6.18 Å². The van der Waals surface area contributed by atoms with Crippen molar-refractivity contribution in [3.63, 3.8) is 0 Å². The number of piperazine rings is 1. The minimum absolute atomic E-state index is 0.186. The minimum Gasteiger partial charge on any atom is -0.497 e. The van der Waals surface area contributed by atoms with Crippen LogP contribution < -0.4 is 19.7 Å². The van der Waals surface area contributed by atoms with Crippen molar-refractivity contribution in [2.75, 3.05) is 57.2 Å². The van der Waals surface area contributed by atoms with E-state index in [4.69, 9.17) is 9.47 Å². The van der Waals surface area contributed by atoms with E-state index in [1.807, 2.05) is 9.80 Å². The maximum Gasteiger partial charge on any atom is 0.416 e. The first-order valence-electron chi connectivity index (χ1n) is 9.46. The summed E-state index contributed by atoms with van der Waals surface area (Å²) in [6.45, 7) is 2.42. The van der Waals surface area contributed by atoms with Crippen molar-refractivity contribution in [2.45, 2.75) is 6.18 Å². The fraction of sp³-hybridized carbons (Fsp3) is 0.381. The maximum atomic E-state index is 12.9. The van der Waals surface area contributed by atoms with E-state index in [2.05, 4.69) is 5.32 Å². The molecule has 162 valence electrons. The average Bonchev–Trinajstić information content (AvgIpc) is 2.74. The van der Waals surface area contributed by atoms with Crippen molar-refractivity contribution in [3.8, 4) is 11.5 Å². The molecule has 1 heterocycles. The summed E-state index contributed by atoms with van der Waals surface area (Å²) in [6, 6.07) is 10.4.